The predicted molar refractivity (Wildman–Crippen MR) is 73.2 cm³/mol. The number of rotatable bonds is 4. The Bertz CT molecular complexity index is 671. The van der Waals surface area contributed by atoms with E-state index in [0.717, 1.165) is 16.7 Å². The van der Waals surface area contributed by atoms with E-state index in [9.17, 15) is 8.42 Å². The lowest BCUT2D eigenvalue weighted by molar-refractivity contribution is 0.600. The van der Waals surface area contributed by atoms with Crippen LogP contribution in [-0.4, -0.2) is 23.4 Å². The van der Waals surface area contributed by atoms with Crippen LogP contribution in [0.1, 0.15) is 16.7 Å². The molecule has 1 aromatic heterocycles. The second-order valence-corrected chi connectivity index (χ2v) is 6.36. The summed E-state index contributed by atoms with van der Waals surface area (Å²) in [6.45, 7) is 3.89. The van der Waals surface area contributed by atoms with Crippen molar-refractivity contribution in [2.24, 2.45) is 7.05 Å². The molecule has 0 radical (unpaired) electrons. The molecule has 19 heavy (non-hydrogen) atoms. The van der Waals surface area contributed by atoms with Crippen molar-refractivity contribution in [3.63, 3.8) is 0 Å². The fourth-order valence-corrected chi connectivity index (χ4v) is 3.05. The zero-order valence-corrected chi connectivity index (χ0v) is 11.9. The van der Waals surface area contributed by atoms with Crippen LogP contribution in [0.2, 0.25) is 0 Å². The van der Waals surface area contributed by atoms with E-state index in [0.29, 0.717) is 0 Å². The van der Waals surface area contributed by atoms with Gasteiger partial charge in [-0.15, -0.1) is 5.10 Å². The maximum atomic E-state index is 12.0. The van der Waals surface area contributed by atoms with Gasteiger partial charge in [-0.1, -0.05) is 34.5 Å². The molecular weight excluding hydrogens is 264 g/mol. The Hall–Kier alpha value is -1.89. The monoisotopic (exact) mass is 280 g/mol. The maximum Gasteiger partial charge on any atom is 0.238 e. The van der Waals surface area contributed by atoms with Crippen molar-refractivity contribution >= 4 is 15.8 Å². The zero-order chi connectivity index (χ0) is 14.0. The van der Waals surface area contributed by atoms with Crippen LogP contribution in [0.3, 0.4) is 0 Å². The molecule has 7 heteroatoms. The molecule has 1 aromatic carbocycles. The normalized spacial score (nSPS) is 11.5. The van der Waals surface area contributed by atoms with Gasteiger partial charge in [0.15, 0.2) is 5.82 Å². The van der Waals surface area contributed by atoms with Gasteiger partial charge in [0, 0.05) is 7.05 Å². The van der Waals surface area contributed by atoms with Gasteiger partial charge in [-0.2, -0.15) is 0 Å². The van der Waals surface area contributed by atoms with Gasteiger partial charge in [0.25, 0.3) is 0 Å². The quantitative estimate of drug-likeness (QED) is 0.917. The Morgan fingerprint density at radius 2 is 1.84 bits per heavy atom. The van der Waals surface area contributed by atoms with Crippen molar-refractivity contribution in [2.45, 2.75) is 19.6 Å². The van der Waals surface area contributed by atoms with E-state index < -0.39 is 10.0 Å². The molecule has 0 aliphatic carbocycles. The first-order valence-electron chi connectivity index (χ1n) is 5.78. The summed E-state index contributed by atoms with van der Waals surface area (Å²) in [6.07, 6.45) is 1.51. The van der Waals surface area contributed by atoms with Crippen LogP contribution in [0.4, 0.5) is 5.82 Å². The summed E-state index contributed by atoms with van der Waals surface area (Å²) in [7, 11) is -1.80. The third-order valence-electron chi connectivity index (χ3n) is 2.50. The first kappa shape index (κ1) is 13.5. The molecule has 2 rings (SSSR count). The summed E-state index contributed by atoms with van der Waals surface area (Å²) in [6, 6.07) is 5.73. The molecule has 0 aliphatic heterocycles. The molecule has 102 valence electrons. The van der Waals surface area contributed by atoms with Crippen molar-refractivity contribution in [1.29, 1.82) is 0 Å². The number of benzene rings is 1. The highest BCUT2D eigenvalue weighted by molar-refractivity contribution is 7.91. The molecule has 0 unspecified atom stereocenters. The van der Waals surface area contributed by atoms with Gasteiger partial charge in [-0.25, -0.2) is 8.42 Å². The largest absolute Gasteiger partial charge is 0.264 e. The molecule has 0 bridgehead atoms. The lowest BCUT2D eigenvalue weighted by Crippen LogP contribution is -2.15. The highest BCUT2D eigenvalue weighted by Crippen LogP contribution is 2.13. The van der Waals surface area contributed by atoms with E-state index in [1.54, 1.807) is 7.05 Å². The molecule has 0 saturated carbocycles. The molecule has 0 aliphatic rings. The number of aryl methyl sites for hydroxylation is 3. The predicted octanol–water partition coefficient (Wildman–Crippen LogP) is 1.37. The van der Waals surface area contributed by atoms with E-state index >= 15 is 0 Å². The van der Waals surface area contributed by atoms with Gasteiger partial charge < -0.3 is 0 Å². The Kier molecular flexibility index (Phi) is 3.57. The topological polar surface area (TPSA) is 76.9 Å². The minimum atomic E-state index is -3.47. The molecular formula is C12H16N4O2S. The van der Waals surface area contributed by atoms with Crippen molar-refractivity contribution in [3.8, 4) is 0 Å². The lowest BCUT2D eigenvalue weighted by atomic mass is 10.1. The number of anilines is 1. The van der Waals surface area contributed by atoms with Gasteiger partial charge in [0.2, 0.25) is 10.0 Å². The van der Waals surface area contributed by atoms with E-state index in [2.05, 4.69) is 15.0 Å². The van der Waals surface area contributed by atoms with Crippen molar-refractivity contribution in [2.75, 3.05) is 4.72 Å². The number of aromatic nitrogens is 3. The molecule has 6 nitrogen and oxygen atoms in total. The molecule has 0 saturated heterocycles. The van der Waals surface area contributed by atoms with Crippen molar-refractivity contribution in [3.05, 3.63) is 41.1 Å². The van der Waals surface area contributed by atoms with Gasteiger partial charge in [-0.05, 0) is 19.4 Å². The van der Waals surface area contributed by atoms with E-state index in [1.165, 1.54) is 10.9 Å². The van der Waals surface area contributed by atoms with Gasteiger partial charge in [0.05, 0.1) is 11.9 Å². The summed E-state index contributed by atoms with van der Waals surface area (Å²) in [5, 5.41) is 7.38. The van der Waals surface area contributed by atoms with Crippen molar-refractivity contribution in [1.82, 2.24) is 15.0 Å². The number of nitrogens with zero attached hydrogens (tertiary/aromatic N) is 3. The van der Waals surface area contributed by atoms with E-state index in [4.69, 9.17) is 0 Å². The van der Waals surface area contributed by atoms with Gasteiger partial charge >= 0.3 is 0 Å². The second-order valence-electron chi connectivity index (χ2n) is 4.63. The first-order valence-corrected chi connectivity index (χ1v) is 7.43. The molecule has 0 amide bonds. The summed E-state index contributed by atoms with van der Waals surface area (Å²) in [5.74, 6) is 0.151. The SMILES string of the molecule is Cc1cc(C)cc(CS(=O)(=O)Nc2cn(C)nn2)c1. The van der Waals surface area contributed by atoms with Crippen molar-refractivity contribution < 1.29 is 8.42 Å². The van der Waals surface area contributed by atoms with Gasteiger partial charge in [0.1, 0.15) is 0 Å². The molecule has 2 aromatic rings. The van der Waals surface area contributed by atoms with Crippen LogP contribution in [0, 0.1) is 13.8 Å². The molecule has 1 heterocycles. The molecule has 0 fully saturated rings. The molecule has 1 N–H and O–H groups in total. The Morgan fingerprint density at radius 1 is 1.21 bits per heavy atom. The van der Waals surface area contributed by atoms with Crippen LogP contribution >= 0.6 is 0 Å². The first-order chi connectivity index (χ1) is 8.84. The minimum absolute atomic E-state index is 0.0773. The summed E-state index contributed by atoms with van der Waals surface area (Å²) < 4.78 is 27.9. The fourth-order valence-electron chi connectivity index (χ4n) is 1.96. The summed E-state index contributed by atoms with van der Waals surface area (Å²) >= 11 is 0. The highest BCUT2D eigenvalue weighted by Gasteiger charge is 2.14. The van der Waals surface area contributed by atoms with E-state index in [-0.39, 0.29) is 11.6 Å². The smallest absolute Gasteiger partial charge is 0.238 e. The van der Waals surface area contributed by atoms with Crippen LogP contribution < -0.4 is 4.72 Å². The number of hydrogen-bond acceptors (Lipinski definition) is 4. The number of hydrogen-bond donors (Lipinski definition) is 1. The molecule has 0 spiro atoms. The van der Waals surface area contributed by atoms with Crippen LogP contribution in [0.5, 0.6) is 0 Å². The number of nitrogens with one attached hydrogen (secondary N) is 1. The number of sulfonamides is 1. The Labute approximate surface area is 112 Å². The third kappa shape index (κ3) is 3.78. The highest BCUT2D eigenvalue weighted by atomic mass is 32.2. The molecule has 0 atom stereocenters. The standard InChI is InChI=1S/C12H16N4O2S/c1-9-4-10(2)6-11(5-9)8-19(17,18)14-12-7-16(3)15-13-12/h4-7,14H,8H2,1-3H3. The minimum Gasteiger partial charge on any atom is -0.264 e. The maximum absolute atomic E-state index is 12.0. The Balaban J connectivity index is 2.16. The van der Waals surface area contributed by atoms with Crippen LogP contribution in [-0.2, 0) is 22.8 Å². The van der Waals surface area contributed by atoms with Crippen LogP contribution in [0.25, 0.3) is 0 Å². The summed E-state index contributed by atoms with van der Waals surface area (Å²) in [4.78, 5) is 0. The van der Waals surface area contributed by atoms with Crippen LogP contribution in [0.15, 0.2) is 24.4 Å². The second kappa shape index (κ2) is 5.00. The fraction of sp³-hybridized carbons (Fsp3) is 0.333. The summed E-state index contributed by atoms with van der Waals surface area (Å²) in [5.41, 5.74) is 2.85. The average Bonchev–Trinajstić information content (AvgIpc) is 2.60. The average molecular weight is 280 g/mol. The lowest BCUT2D eigenvalue weighted by Gasteiger charge is -2.07. The third-order valence-corrected chi connectivity index (χ3v) is 3.73. The Morgan fingerprint density at radius 3 is 2.37 bits per heavy atom. The van der Waals surface area contributed by atoms with E-state index in [1.807, 2.05) is 32.0 Å². The zero-order valence-electron chi connectivity index (χ0n) is 11.1. The van der Waals surface area contributed by atoms with Gasteiger partial charge in [-0.3, -0.25) is 9.40 Å².